The van der Waals surface area contributed by atoms with Gasteiger partial charge in [0.15, 0.2) is 5.82 Å². The standard InChI is InChI=1S/C14H23ClN4O/c1-4-20-9-13-17-11(15)8-12(18-13)16-10-14(19(2)3)6-5-7-14/h8H,4-7,9-10H2,1-3H3,(H,16,17,18). The number of hydrogen-bond acceptors (Lipinski definition) is 5. The summed E-state index contributed by atoms with van der Waals surface area (Å²) in [7, 11) is 4.27. The smallest absolute Gasteiger partial charge is 0.158 e. The Hall–Kier alpha value is -0.910. The minimum atomic E-state index is 0.248. The van der Waals surface area contributed by atoms with Crippen LogP contribution in [0.5, 0.6) is 0 Å². The zero-order valence-corrected chi connectivity index (χ0v) is 13.2. The Labute approximate surface area is 125 Å². The fourth-order valence-corrected chi connectivity index (χ4v) is 2.64. The minimum absolute atomic E-state index is 0.248. The van der Waals surface area contributed by atoms with E-state index in [0.717, 1.165) is 12.4 Å². The third kappa shape index (κ3) is 3.59. The summed E-state index contributed by atoms with van der Waals surface area (Å²) in [5, 5.41) is 3.84. The van der Waals surface area contributed by atoms with Gasteiger partial charge in [0, 0.05) is 24.8 Å². The SMILES string of the molecule is CCOCc1nc(Cl)cc(NCC2(N(C)C)CCC2)n1. The molecule has 1 saturated carbocycles. The summed E-state index contributed by atoms with van der Waals surface area (Å²) >= 11 is 6.03. The van der Waals surface area contributed by atoms with Crippen molar-refractivity contribution < 1.29 is 4.74 Å². The van der Waals surface area contributed by atoms with E-state index in [0.29, 0.717) is 24.2 Å². The molecule has 1 fully saturated rings. The number of likely N-dealkylation sites (N-methyl/N-ethyl adjacent to an activating group) is 1. The van der Waals surface area contributed by atoms with E-state index in [9.17, 15) is 0 Å². The number of halogens is 1. The normalized spacial score (nSPS) is 17.1. The van der Waals surface area contributed by atoms with Gasteiger partial charge in [-0.2, -0.15) is 0 Å². The summed E-state index contributed by atoms with van der Waals surface area (Å²) in [4.78, 5) is 10.9. The third-order valence-corrected chi connectivity index (χ3v) is 4.20. The van der Waals surface area contributed by atoms with E-state index in [4.69, 9.17) is 16.3 Å². The Morgan fingerprint density at radius 1 is 1.40 bits per heavy atom. The molecule has 2 rings (SSSR count). The first-order chi connectivity index (χ1) is 9.55. The van der Waals surface area contributed by atoms with Crippen LogP contribution in [0.25, 0.3) is 0 Å². The summed E-state index contributed by atoms with van der Waals surface area (Å²) in [6.45, 7) is 3.86. The van der Waals surface area contributed by atoms with Crippen LogP contribution in [0.15, 0.2) is 6.07 Å². The van der Waals surface area contributed by atoms with Crippen LogP contribution < -0.4 is 5.32 Å². The highest BCUT2D eigenvalue weighted by Crippen LogP contribution is 2.36. The molecule has 0 spiro atoms. The second kappa shape index (κ2) is 6.70. The second-order valence-electron chi connectivity index (χ2n) is 5.46. The zero-order valence-electron chi connectivity index (χ0n) is 12.4. The molecule has 1 aromatic rings. The Balaban J connectivity index is 2.00. The Morgan fingerprint density at radius 3 is 2.70 bits per heavy atom. The van der Waals surface area contributed by atoms with Gasteiger partial charge in [-0.15, -0.1) is 0 Å². The minimum Gasteiger partial charge on any atom is -0.374 e. The van der Waals surface area contributed by atoms with Crippen LogP contribution in [0, 0.1) is 0 Å². The second-order valence-corrected chi connectivity index (χ2v) is 5.84. The predicted molar refractivity (Wildman–Crippen MR) is 81.1 cm³/mol. The fraction of sp³-hybridized carbons (Fsp3) is 0.714. The van der Waals surface area contributed by atoms with Crippen LogP contribution in [-0.2, 0) is 11.3 Å². The highest BCUT2D eigenvalue weighted by atomic mass is 35.5. The maximum Gasteiger partial charge on any atom is 0.158 e. The van der Waals surface area contributed by atoms with Crippen LogP contribution in [0.3, 0.4) is 0 Å². The third-order valence-electron chi connectivity index (χ3n) is 4.01. The van der Waals surface area contributed by atoms with Gasteiger partial charge in [-0.1, -0.05) is 11.6 Å². The van der Waals surface area contributed by atoms with E-state index in [2.05, 4.69) is 34.3 Å². The van der Waals surface area contributed by atoms with Crippen molar-refractivity contribution in [1.29, 1.82) is 0 Å². The van der Waals surface area contributed by atoms with Crippen molar-refractivity contribution in [2.24, 2.45) is 0 Å². The molecule has 1 aliphatic rings. The van der Waals surface area contributed by atoms with Crippen molar-refractivity contribution in [2.75, 3.05) is 32.6 Å². The molecule has 112 valence electrons. The maximum absolute atomic E-state index is 6.03. The van der Waals surface area contributed by atoms with E-state index in [1.165, 1.54) is 19.3 Å². The molecule has 1 heterocycles. The lowest BCUT2D eigenvalue weighted by Gasteiger charge is -2.47. The number of aromatic nitrogens is 2. The number of ether oxygens (including phenoxy) is 1. The van der Waals surface area contributed by atoms with Crippen LogP contribution in [0.2, 0.25) is 5.15 Å². The van der Waals surface area contributed by atoms with Crippen LogP contribution in [0.4, 0.5) is 5.82 Å². The molecule has 1 N–H and O–H groups in total. The molecule has 0 bridgehead atoms. The van der Waals surface area contributed by atoms with E-state index in [1.54, 1.807) is 6.07 Å². The average Bonchev–Trinajstić information content (AvgIpc) is 2.34. The fourth-order valence-electron chi connectivity index (χ4n) is 2.44. The molecule has 0 atom stereocenters. The molecule has 0 aromatic carbocycles. The zero-order chi connectivity index (χ0) is 14.6. The van der Waals surface area contributed by atoms with Gasteiger partial charge in [0.1, 0.15) is 17.6 Å². The summed E-state index contributed by atoms with van der Waals surface area (Å²) in [5.74, 6) is 1.39. The molecule has 0 unspecified atom stereocenters. The summed E-state index contributed by atoms with van der Waals surface area (Å²) in [6, 6.07) is 1.76. The van der Waals surface area contributed by atoms with Gasteiger partial charge in [-0.3, -0.25) is 0 Å². The average molecular weight is 299 g/mol. The Kier molecular flexibility index (Phi) is 5.18. The number of anilines is 1. The van der Waals surface area contributed by atoms with Crippen molar-refractivity contribution in [3.63, 3.8) is 0 Å². The molecule has 20 heavy (non-hydrogen) atoms. The van der Waals surface area contributed by atoms with Gasteiger partial charge < -0.3 is 15.0 Å². The van der Waals surface area contributed by atoms with Crippen LogP contribution >= 0.6 is 11.6 Å². The molecule has 5 nitrogen and oxygen atoms in total. The number of nitrogens with one attached hydrogen (secondary N) is 1. The molecule has 1 aromatic heterocycles. The van der Waals surface area contributed by atoms with Gasteiger partial charge >= 0.3 is 0 Å². The quantitative estimate of drug-likeness (QED) is 0.784. The van der Waals surface area contributed by atoms with Crippen molar-refractivity contribution in [3.8, 4) is 0 Å². The van der Waals surface area contributed by atoms with Gasteiger partial charge in [-0.05, 0) is 40.3 Å². The predicted octanol–water partition coefficient (Wildman–Crippen LogP) is 2.56. The van der Waals surface area contributed by atoms with Gasteiger partial charge in [0.05, 0.1) is 0 Å². The lowest BCUT2D eigenvalue weighted by Crippen LogP contribution is -2.54. The van der Waals surface area contributed by atoms with E-state index >= 15 is 0 Å². The van der Waals surface area contributed by atoms with Crippen molar-refractivity contribution in [2.45, 2.75) is 38.3 Å². The van der Waals surface area contributed by atoms with Gasteiger partial charge in [0.25, 0.3) is 0 Å². The maximum atomic E-state index is 6.03. The number of hydrogen-bond donors (Lipinski definition) is 1. The van der Waals surface area contributed by atoms with Crippen molar-refractivity contribution >= 4 is 17.4 Å². The summed E-state index contributed by atoms with van der Waals surface area (Å²) < 4.78 is 5.33. The molecule has 0 amide bonds. The number of rotatable bonds is 7. The Bertz CT molecular complexity index is 449. The lowest BCUT2D eigenvalue weighted by atomic mass is 9.75. The van der Waals surface area contributed by atoms with Crippen LogP contribution in [-0.4, -0.2) is 47.7 Å². The first-order valence-electron chi connectivity index (χ1n) is 7.08. The molecule has 6 heteroatoms. The van der Waals surface area contributed by atoms with E-state index in [1.807, 2.05) is 6.92 Å². The molecule has 0 radical (unpaired) electrons. The monoisotopic (exact) mass is 298 g/mol. The lowest BCUT2D eigenvalue weighted by molar-refractivity contribution is 0.0738. The topological polar surface area (TPSA) is 50.3 Å². The highest BCUT2D eigenvalue weighted by Gasteiger charge is 2.38. The molecular formula is C14H23ClN4O. The molecular weight excluding hydrogens is 276 g/mol. The van der Waals surface area contributed by atoms with Crippen LogP contribution in [0.1, 0.15) is 32.0 Å². The van der Waals surface area contributed by atoms with Crippen molar-refractivity contribution in [1.82, 2.24) is 14.9 Å². The van der Waals surface area contributed by atoms with E-state index < -0.39 is 0 Å². The highest BCUT2D eigenvalue weighted by molar-refractivity contribution is 6.29. The molecule has 0 aliphatic heterocycles. The molecule has 0 saturated heterocycles. The van der Waals surface area contributed by atoms with Gasteiger partial charge in [0.2, 0.25) is 0 Å². The summed E-state index contributed by atoms with van der Waals surface area (Å²) in [5.41, 5.74) is 0.248. The number of nitrogens with zero attached hydrogens (tertiary/aromatic N) is 3. The summed E-state index contributed by atoms with van der Waals surface area (Å²) in [6.07, 6.45) is 3.73. The first kappa shape index (κ1) is 15.5. The Morgan fingerprint density at radius 2 is 2.15 bits per heavy atom. The molecule has 1 aliphatic carbocycles. The first-order valence-corrected chi connectivity index (χ1v) is 7.46. The largest absolute Gasteiger partial charge is 0.374 e. The van der Waals surface area contributed by atoms with E-state index in [-0.39, 0.29) is 5.54 Å². The van der Waals surface area contributed by atoms with Crippen molar-refractivity contribution in [3.05, 3.63) is 17.0 Å². The van der Waals surface area contributed by atoms with Gasteiger partial charge in [-0.25, -0.2) is 9.97 Å².